The zero-order valence-corrected chi connectivity index (χ0v) is 12.1. The lowest BCUT2D eigenvalue weighted by molar-refractivity contribution is -0.116. The maximum atomic E-state index is 12.0. The van der Waals surface area contributed by atoms with E-state index in [1.165, 1.54) is 19.3 Å². The molecule has 2 heterocycles. The van der Waals surface area contributed by atoms with E-state index in [0.717, 1.165) is 29.6 Å². The summed E-state index contributed by atoms with van der Waals surface area (Å²) in [4.78, 5) is 16.3. The third kappa shape index (κ3) is 3.79. The minimum Gasteiger partial charge on any atom is -0.326 e. The maximum Gasteiger partial charge on any atom is 0.224 e. The molecule has 4 nitrogen and oxygen atoms in total. The van der Waals surface area contributed by atoms with Crippen LogP contribution in [0.2, 0.25) is 0 Å². The quantitative estimate of drug-likeness (QED) is 0.906. The monoisotopic (exact) mass is 283 g/mol. The minimum absolute atomic E-state index is 0.0885. The summed E-state index contributed by atoms with van der Waals surface area (Å²) in [5.74, 6) is 0.0885. The summed E-state index contributed by atoms with van der Waals surface area (Å²) in [5, 5.41) is 7.50. The van der Waals surface area contributed by atoms with Gasteiger partial charge in [0, 0.05) is 29.7 Å². The number of benzene rings is 1. The van der Waals surface area contributed by atoms with Crippen molar-refractivity contribution >= 4 is 22.5 Å². The molecular formula is C17H21N3O. The van der Waals surface area contributed by atoms with E-state index in [1.807, 2.05) is 30.3 Å². The summed E-state index contributed by atoms with van der Waals surface area (Å²) in [7, 11) is 0. The molecule has 2 N–H and O–H groups in total. The fourth-order valence-electron chi connectivity index (χ4n) is 2.85. The van der Waals surface area contributed by atoms with Crippen molar-refractivity contribution in [3.8, 4) is 0 Å². The Morgan fingerprint density at radius 1 is 1.33 bits per heavy atom. The molecule has 1 amide bonds. The Balaban J connectivity index is 1.55. The summed E-state index contributed by atoms with van der Waals surface area (Å²) < 4.78 is 0. The van der Waals surface area contributed by atoms with Gasteiger partial charge < -0.3 is 10.6 Å². The highest BCUT2D eigenvalue weighted by Crippen LogP contribution is 2.18. The molecule has 0 aliphatic carbocycles. The van der Waals surface area contributed by atoms with Gasteiger partial charge in [-0.1, -0.05) is 12.5 Å². The molecule has 110 valence electrons. The number of piperidine rings is 1. The van der Waals surface area contributed by atoms with Gasteiger partial charge in [0.25, 0.3) is 0 Å². The van der Waals surface area contributed by atoms with Crippen LogP contribution in [0.25, 0.3) is 10.9 Å². The highest BCUT2D eigenvalue weighted by Gasteiger charge is 2.14. The minimum atomic E-state index is 0.0885. The van der Waals surface area contributed by atoms with Gasteiger partial charge in [0.05, 0.1) is 5.52 Å². The second-order valence-corrected chi connectivity index (χ2v) is 5.64. The van der Waals surface area contributed by atoms with Gasteiger partial charge in [-0.25, -0.2) is 0 Å². The molecule has 1 aromatic heterocycles. The number of carbonyl (C=O) groups excluding carboxylic acids is 1. The van der Waals surface area contributed by atoms with Gasteiger partial charge >= 0.3 is 0 Å². The van der Waals surface area contributed by atoms with Gasteiger partial charge in [0.15, 0.2) is 0 Å². The van der Waals surface area contributed by atoms with E-state index in [9.17, 15) is 4.79 Å². The molecule has 1 fully saturated rings. The van der Waals surface area contributed by atoms with Gasteiger partial charge in [-0.15, -0.1) is 0 Å². The maximum absolute atomic E-state index is 12.0. The van der Waals surface area contributed by atoms with Crippen LogP contribution in [0.3, 0.4) is 0 Å². The van der Waals surface area contributed by atoms with Crippen molar-refractivity contribution in [2.75, 3.05) is 11.9 Å². The van der Waals surface area contributed by atoms with Gasteiger partial charge in [-0.2, -0.15) is 0 Å². The van der Waals surface area contributed by atoms with Crippen LogP contribution in [0.1, 0.15) is 32.1 Å². The van der Waals surface area contributed by atoms with Crippen molar-refractivity contribution in [2.24, 2.45) is 0 Å². The van der Waals surface area contributed by atoms with Gasteiger partial charge in [0.1, 0.15) is 0 Å². The first-order valence-corrected chi connectivity index (χ1v) is 7.69. The average Bonchev–Trinajstić information content (AvgIpc) is 2.54. The lowest BCUT2D eigenvalue weighted by Crippen LogP contribution is -2.34. The molecule has 1 atom stereocenters. The Hall–Kier alpha value is -1.94. The Kier molecular flexibility index (Phi) is 4.46. The van der Waals surface area contributed by atoms with E-state index in [1.54, 1.807) is 6.20 Å². The number of aromatic nitrogens is 1. The molecule has 1 aliphatic heterocycles. The molecule has 0 radical (unpaired) electrons. The highest BCUT2D eigenvalue weighted by atomic mass is 16.1. The van der Waals surface area contributed by atoms with E-state index in [2.05, 4.69) is 15.6 Å². The van der Waals surface area contributed by atoms with E-state index in [-0.39, 0.29) is 5.91 Å². The average molecular weight is 283 g/mol. The summed E-state index contributed by atoms with van der Waals surface area (Å²) in [6, 6.07) is 10.2. The highest BCUT2D eigenvalue weighted by molar-refractivity contribution is 5.93. The Morgan fingerprint density at radius 2 is 2.29 bits per heavy atom. The Morgan fingerprint density at radius 3 is 3.14 bits per heavy atom. The van der Waals surface area contributed by atoms with Crippen LogP contribution in [0, 0.1) is 0 Å². The van der Waals surface area contributed by atoms with Crippen LogP contribution in [-0.2, 0) is 4.79 Å². The molecule has 1 unspecified atom stereocenters. The number of amides is 1. The summed E-state index contributed by atoms with van der Waals surface area (Å²) in [6.07, 6.45) is 6.99. The molecule has 3 rings (SSSR count). The molecule has 0 spiro atoms. The third-order valence-corrected chi connectivity index (χ3v) is 4.02. The molecule has 0 saturated carbocycles. The number of fused-ring (bicyclic) bond motifs is 1. The van der Waals surface area contributed by atoms with Crippen LogP contribution >= 0.6 is 0 Å². The zero-order valence-electron chi connectivity index (χ0n) is 12.1. The number of rotatable bonds is 4. The normalized spacial score (nSPS) is 18.6. The van der Waals surface area contributed by atoms with Gasteiger partial charge in [-0.05, 0) is 50.1 Å². The molecule has 21 heavy (non-hydrogen) atoms. The molecule has 1 aliphatic rings. The Bertz CT molecular complexity index is 620. The first kappa shape index (κ1) is 14.0. The standard InChI is InChI=1S/C17H21N3O/c21-17(9-7-14-5-1-2-10-18-14)20-15-6-8-16-13(12-15)4-3-11-19-16/h3-4,6,8,11-12,14,18H,1-2,5,7,9-10H2,(H,20,21). The van der Waals surface area contributed by atoms with Crippen molar-refractivity contribution in [1.82, 2.24) is 10.3 Å². The Labute approximate surface area is 125 Å². The zero-order chi connectivity index (χ0) is 14.5. The van der Waals surface area contributed by atoms with Crippen LogP contribution < -0.4 is 10.6 Å². The first-order valence-electron chi connectivity index (χ1n) is 7.69. The van der Waals surface area contributed by atoms with Crippen LogP contribution in [0.15, 0.2) is 36.5 Å². The van der Waals surface area contributed by atoms with E-state index in [4.69, 9.17) is 0 Å². The smallest absolute Gasteiger partial charge is 0.224 e. The number of anilines is 1. The largest absolute Gasteiger partial charge is 0.326 e. The second kappa shape index (κ2) is 6.68. The number of nitrogens with zero attached hydrogens (tertiary/aromatic N) is 1. The summed E-state index contributed by atoms with van der Waals surface area (Å²) >= 11 is 0. The predicted molar refractivity (Wildman–Crippen MR) is 85.2 cm³/mol. The third-order valence-electron chi connectivity index (χ3n) is 4.02. The molecule has 4 heteroatoms. The van der Waals surface area contributed by atoms with Gasteiger partial charge in [0.2, 0.25) is 5.91 Å². The predicted octanol–water partition coefficient (Wildman–Crippen LogP) is 3.10. The van der Waals surface area contributed by atoms with Crippen molar-refractivity contribution in [2.45, 2.75) is 38.1 Å². The number of hydrogen-bond acceptors (Lipinski definition) is 3. The fourth-order valence-corrected chi connectivity index (χ4v) is 2.85. The first-order chi connectivity index (χ1) is 10.3. The van der Waals surface area contributed by atoms with E-state index < -0.39 is 0 Å². The van der Waals surface area contributed by atoms with Crippen LogP contribution in [-0.4, -0.2) is 23.5 Å². The van der Waals surface area contributed by atoms with Crippen molar-refractivity contribution in [3.05, 3.63) is 36.5 Å². The SMILES string of the molecule is O=C(CCC1CCCCN1)Nc1ccc2ncccc2c1. The number of nitrogens with one attached hydrogen (secondary N) is 2. The molecular weight excluding hydrogens is 262 g/mol. The molecule has 2 aromatic rings. The second-order valence-electron chi connectivity index (χ2n) is 5.64. The number of pyridine rings is 1. The molecule has 1 aromatic carbocycles. The molecule has 1 saturated heterocycles. The van der Waals surface area contributed by atoms with Crippen molar-refractivity contribution in [3.63, 3.8) is 0 Å². The van der Waals surface area contributed by atoms with Crippen LogP contribution in [0.5, 0.6) is 0 Å². The van der Waals surface area contributed by atoms with Crippen LogP contribution in [0.4, 0.5) is 5.69 Å². The number of hydrogen-bond donors (Lipinski definition) is 2. The van der Waals surface area contributed by atoms with Crippen molar-refractivity contribution in [1.29, 1.82) is 0 Å². The lowest BCUT2D eigenvalue weighted by atomic mass is 10.0. The van der Waals surface area contributed by atoms with E-state index in [0.29, 0.717) is 12.5 Å². The molecule has 0 bridgehead atoms. The van der Waals surface area contributed by atoms with Gasteiger partial charge in [-0.3, -0.25) is 9.78 Å². The number of carbonyl (C=O) groups is 1. The summed E-state index contributed by atoms with van der Waals surface area (Å²) in [6.45, 7) is 1.09. The fraction of sp³-hybridized carbons (Fsp3) is 0.412. The topological polar surface area (TPSA) is 54.0 Å². The van der Waals surface area contributed by atoms with Crippen molar-refractivity contribution < 1.29 is 4.79 Å². The van der Waals surface area contributed by atoms with E-state index >= 15 is 0 Å². The summed E-state index contributed by atoms with van der Waals surface area (Å²) in [5.41, 5.74) is 1.79. The lowest BCUT2D eigenvalue weighted by Gasteiger charge is -2.23.